The van der Waals surface area contributed by atoms with Crippen LogP contribution in [0.1, 0.15) is 22.3 Å². The number of hydrogen-bond acceptors (Lipinski definition) is 5. The van der Waals surface area contributed by atoms with Crippen molar-refractivity contribution < 1.29 is 9.90 Å². The van der Waals surface area contributed by atoms with Crippen molar-refractivity contribution in [1.29, 1.82) is 0 Å². The molecule has 0 aromatic carbocycles. The summed E-state index contributed by atoms with van der Waals surface area (Å²) in [6.45, 7) is 4.55. The van der Waals surface area contributed by atoms with Crippen LogP contribution >= 0.6 is 11.3 Å². The number of aromatic carboxylic acids is 1. The summed E-state index contributed by atoms with van der Waals surface area (Å²) < 4.78 is 0. The minimum Gasteiger partial charge on any atom is -0.477 e. The van der Waals surface area contributed by atoms with E-state index in [1.54, 1.807) is 6.92 Å². The number of carbonyl (C=O) groups is 1. The molecule has 0 saturated heterocycles. The number of hydrogen-bond donors (Lipinski definition) is 2. The lowest BCUT2D eigenvalue weighted by Gasteiger charge is -2.19. The Morgan fingerprint density at radius 3 is 2.69 bits per heavy atom. The molecule has 1 heterocycles. The highest BCUT2D eigenvalue weighted by atomic mass is 32.1. The van der Waals surface area contributed by atoms with Gasteiger partial charge in [0, 0.05) is 12.6 Å². The van der Waals surface area contributed by atoms with Crippen LogP contribution in [0.2, 0.25) is 0 Å². The van der Waals surface area contributed by atoms with Gasteiger partial charge in [-0.3, -0.25) is 0 Å². The first-order valence-corrected chi connectivity index (χ1v) is 5.84. The smallest absolute Gasteiger partial charge is 0.347 e. The van der Waals surface area contributed by atoms with Crippen molar-refractivity contribution in [2.75, 3.05) is 26.0 Å². The number of thiazole rings is 1. The summed E-state index contributed by atoms with van der Waals surface area (Å²) in [5.74, 6) is -0.913. The number of aromatic nitrogens is 1. The van der Waals surface area contributed by atoms with E-state index in [1.165, 1.54) is 11.3 Å². The van der Waals surface area contributed by atoms with Gasteiger partial charge in [0.05, 0.1) is 5.69 Å². The molecule has 1 aromatic rings. The highest BCUT2D eigenvalue weighted by Crippen LogP contribution is 2.22. The zero-order chi connectivity index (χ0) is 12.3. The lowest BCUT2D eigenvalue weighted by molar-refractivity contribution is 0.0701. The molecule has 0 spiro atoms. The van der Waals surface area contributed by atoms with Gasteiger partial charge in [0.1, 0.15) is 4.88 Å². The van der Waals surface area contributed by atoms with Gasteiger partial charge in [-0.25, -0.2) is 9.78 Å². The lowest BCUT2D eigenvalue weighted by Crippen LogP contribution is -2.31. The predicted octanol–water partition coefficient (Wildman–Crippen LogP) is 1.51. The van der Waals surface area contributed by atoms with Crippen molar-refractivity contribution >= 4 is 22.4 Å². The van der Waals surface area contributed by atoms with Gasteiger partial charge >= 0.3 is 5.97 Å². The second-order valence-electron chi connectivity index (χ2n) is 3.93. The molecule has 0 radical (unpaired) electrons. The average Bonchev–Trinajstić information content (AvgIpc) is 2.56. The zero-order valence-corrected chi connectivity index (χ0v) is 10.8. The molecule has 1 aromatic heterocycles. The molecular formula is C10H17N3O2S. The number of anilines is 1. The van der Waals surface area contributed by atoms with E-state index in [1.807, 2.05) is 14.1 Å². The monoisotopic (exact) mass is 243 g/mol. The number of carboxylic acid groups (broad SMARTS) is 1. The Bertz CT molecular complexity index is 376. The van der Waals surface area contributed by atoms with Gasteiger partial charge in [-0.15, -0.1) is 0 Å². The van der Waals surface area contributed by atoms with E-state index >= 15 is 0 Å². The van der Waals surface area contributed by atoms with E-state index in [-0.39, 0.29) is 0 Å². The predicted molar refractivity (Wildman–Crippen MR) is 65.4 cm³/mol. The molecule has 16 heavy (non-hydrogen) atoms. The van der Waals surface area contributed by atoms with Crippen LogP contribution in [-0.4, -0.2) is 47.6 Å². The van der Waals surface area contributed by atoms with Crippen molar-refractivity contribution in [3.05, 3.63) is 10.6 Å². The Hall–Kier alpha value is -1.14. The summed E-state index contributed by atoms with van der Waals surface area (Å²) in [5.41, 5.74) is 0.567. The SMILES string of the molecule is Cc1nc(NCC(C)N(C)C)sc1C(=O)O. The topological polar surface area (TPSA) is 65.5 Å². The van der Waals surface area contributed by atoms with Gasteiger partial charge in [0.15, 0.2) is 5.13 Å². The molecule has 0 aliphatic carbocycles. The summed E-state index contributed by atoms with van der Waals surface area (Å²) in [7, 11) is 4.00. The fraction of sp³-hybridized carbons (Fsp3) is 0.600. The van der Waals surface area contributed by atoms with Crippen molar-refractivity contribution in [3.63, 3.8) is 0 Å². The van der Waals surface area contributed by atoms with Crippen LogP contribution in [0.25, 0.3) is 0 Å². The first-order valence-electron chi connectivity index (χ1n) is 5.02. The Labute approximate surface area is 99.1 Å². The molecule has 90 valence electrons. The van der Waals surface area contributed by atoms with Crippen molar-refractivity contribution in [2.45, 2.75) is 19.9 Å². The van der Waals surface area contributed by atoms with Gasteiger partial charge in [0.2, 0.25) is 0 Å². The Kier molecular flexibility index (Phi) is 4.26. The van der Waals surface area contributed by atoms with Crippen LogP contribution < -0.4 is 5.32 Å². The van der Waals surface area contributed by atoms with Crippen LogP contribution in [0.4, 0.5) is 5.13 Å². The van der Waals surface area contributed by atoms with Crippen molar-refractivity contribution in [3.8, 4) is 0 Å². The molecule has 6 heteroatoms. The maximum absolute atomic E-state index is 10.8. The molecular weight excluding hydrogens is 226 g/mol. The molecule has 0 saturated carbocycles. The number of nitrogens with zero attached hydrogens (tertiary/aromatic N) is 2. The minimum atomic E-state index is -0.913. The first-order chi connectivity index (χ1) is 7.41. The fourth-order valence-corrected chi connectivity index (χ4v) is 1.90. The maximum atomic E-state index is 10.8. The second-order valence-corrected chi connectivity index (χ2v) is 4.93. The third-order valence-corrected chi connectivity index (χ3v) is 3.52. The van der Waals surface area contributed by atoms with Crippen LogP contribution in [0, 0.1) is 6.92 Å². The number of rotatable bonds is 5. The largest absolute Gasteiger partial charge is 0.477 e. The van der Waals surface area contributed by atoms with E-state index in [9.17, 15) is 4.79 Å². The van der Waals surface area contributed by atoms with Crippen LogP contribution in [0.5, 0.6) is 0 Å². The van der Waals surface area contributed by atoms with E-state index in [0.717, 1.165) is 6.54 Å². The molecule has 1 atom stereocenters. The number of nitrogens with one attached hydrogen (secondary N) is 1. The first kappa shape index (κ1) is 12.9. The standard InChI is InChI=1S/C10H17N3O2S/c1-6(13(3)4)5-11-10-12-7(2)8(16-10)9(14)15/h6H,5H2,1-4H3,(H,11,12)(H,14,15). The average molecular weight is 243 g/mol. The molecule has 0 fully saturated rings. The van der Waals surface area contributed by atoms with Gasteiger partial charge in [0.25, 0.3) is 0 Å². The molecule has 1 unspecified atom stereocenters. The summed E-state index contributed by atoms with van der Waals surface area (Å²) >= 11 is 1.18. The third-order valence-electron chi connectivity index (χ3n) is 2.42. The van der Waals surface area contributed by atoms with E-state index < -0.39 is 5.97 Å². The van der Waals surface area contributed by atoms with E-state index in [4.69, 9.17) is 5.11 Å². The molecule has 0 bridgehead atoms. The normalized spacial score (nSPS) is 12.8. The van der Waals surface area contributed by atoms with Crippen LogP contribution in [0.3, 0.4) is 0 Å². The van der Waals surface area contributed by atoms with Gasteiger partial charge in [-0.05, 0) is 27.9 Å². The van der Waals surface area contributed by atoms with E-state index in [0.29, 0.717) is 21.7 Å². The van der Waals surface area contributed by atoms with E-state index in [2.05, 4.69) is 22.1 Å². The summed E-state index contributed by atoms with van der Waals surface area (Å²) in [6.07, 6.45) is 0. The quantitative estimate of drug-likeness (QED) is 0.820. The fourth-order valence-electron chi connectivity index (χ4n) is 1.09. The molecule has 0 aliphatic rings. The third kappa shape index (κ3) is 3.18. The van der Waals surface area contributed by atoms with Crippen molar-refractivity contribution in [2.24, 2.45) is 0 Å². The summed E-state index contributed by atoms with van der Waals surface area (Å²) in [6, 6.07) is 0.373. The summed E-state index contributed by atoms with van der Waals surface area (Å²) in [4.78, 5) is 17.4. The van der Waals surface area contributed by atoms with Crippen LogP contribution in [-0.2, 0) is 0 Å². The zero-order valence-electron chi connectivity index (χ0n) is 9.94. The molecule has 0 amide bonds. The van der Waals surface area contributed by atoms with Gasteiger partial charge < -0.3 is 15.3 Å². The summed E-state index contributed by atoms with van der Waals surface area (Å²) in [5, 5.41) is 12.7. The lowest BCUT2D eigenvalue weighted by atomic mass is 10.3. The van der Waals surface area contributed by atoms with Crippen molar-refractivity contribution in [1.82, 2.24) is 9.88 Å². The Morgan fingerprint density at radius 1 is 1.62 bits per heavy atom. The van der Waals surface area contributed by atoms with Gasteiger partial charge in [-0.2, -0.15) is 0 Å². The molecule has 1 rings (SSSR count). The maximum Gasteiger partial charge on any atom is 0.347 e. The number of likely N-dealkylation sites (N-methyl/N-ethyl adjacent to an activating group) is 1. The highest BCUT2D eigenvalue weighted by Gasteiger charge is 2.14. The van der Waals surface area contributed by atoms with Crippen LogP contribution in [0.15, 0.2) is 0 Å². The molecule has 2 N–H and O–H groups in total. The number of aryl methyl sites for hydroxylation is 1. The Balaban J connectivity index is 2.62. The Morgan fingerprint density at radius 2 is 2.25 bits per heavy atom. The molecule has 0 aliphatic heterocycles. The second kappa shape index (κ2) is 5.27. The molecule has 5 nitrogen and oxygen atoms in total. The minimum absolute atomic E-state index is 0.306. The number of carboxylic acids is 1. The van der Waals surface area contributed by atoms with Gasteiger partial charge in [-0.1, -0.05) is 11.3 Å². The highest BCUT2D eigenvalue weighted by molar-refractivity contribution is 7.17.